The lowest BCUT2D eigenvalue weighted by Crippen LogP contribution is -2.13. The molecular formula is C33H38P2+2. The molecule has 0 aromatic heterocycles. The zero-order valence-electron chi connectivity index (χ0n) is 20.8. The Bertz CT molecular complexity index is 979. The minimum absolute atomic E-state index is 1.14. The van der Waals surface area contributed by atoms with E-state index in [9.17, 15) is 0 Å². The highest BCUT2D eigenvalue weighted by Crippen LogP contribution is 2.74. The van der Waals surface area contributed by atoms with Crippen LogP contribution in [0.15, 0.2) is 121 Å². The molecule has 4 aromatic carbocycles. The fourth-order valence-corrected chi connectivity index (χ4v) is 17.2. The van der Waals surface area contributed by atoms with Crippen molar-refractivity contribution in [1.29, 1.82) is 0 Å². The molecule has 35 heavy (non-hydrogen) atoms. The van der Waals surface area contributed by atoms with Crippen LogP contribution in [0.4, 0.5) is 0 Å². The molecule has 1 fully saturated rings. The molecule has 178 valence electrons. The van der Waals surface area contributed by atoms with Crippen molar-refractivity contribution in [3.8, 4) is 0 Å². The lowest BCUT2D eigenvalue weighted by Gasteiger charge is -2.28. The maximum Gasteiger partial charge on any atom is 0.0936 e. The van der Waals surface area contributed by atoms with Gasteiger partial charge in [-0.2, -0.15) is 0 Å². The molecule has 0 spiro atoms. The predicted molar refractivity (Wildman–Crippen MR) is 159 cm³/mol. The molecule has 1 heterocycles. The van der Waals surface area contributed by atoms with E-state index in [4.69, 9.17) is 0 Å². The Labute approximate surface area is 213 Å². The van der Waals surface area contributed by atoms with E-state index in [2.05, 4.69) is 121 Å². The summed E-state index contributed by atoms with van der Waals surface area (Å²) in [5.74, 6) is 0. The molecule has 4 aromatic rings. The van der Waals surface area contributed by atoms with Gasteiger partial charge in [-0.25, -0.2) is 0 Å². The molecule has 0 radical (unpaired) electrons. The maximum absolute atomic E-state index is 2.37. The van der Waals surface area contributed by atoms with Crippen molar-refractivity contribution in [2.45, 2.75) is 31.1 Å². The third-order valence-corrected chi connectivity index (χ3v) is 17.1. The summed E-state index contributed by atoms with van der Waals surface area (Å²) in [5, 5.41) is 0. The normalized spacial score (nSPS) is 16.9. The predicted octanol–water partition coefficient (Wildman–Crippen LogP) is 9.23. The topological polar surface area (TPSA) is 0 Å². The minimum Gasteiger partial charge on any atom is -0.0622 e. The molecule has 0 amide bonds. The second-order valence-electron chi connectivity index (χ2n) is 10.5. The Morgan fingerprint density at radius 2 is 0.600 bits per heavy atom. The van der Waals surface area contributed by atoms with Gasteiger partial charge in [0.05, 0.1) is 49.3 Å². The monoisotopic (exact) mass is 496 g/mol. The van der Waals surface area contributed by atoms with Crippen LogP contribution in [-0.4, -0.2) is 24.6 Å². The molecule has 1 aliphatic rings. The van der Waals surface area contributed by atoms with Crippen molar-refractivity contribution in [3.05, 3.63) is 144 Å². The van der Waals surface area contributed by atoms with Crippen LogP contribution in [-0.2, 0) is 24.6 Å². The van der Waals surface area contributed by atoms with E-state index in [1.165, 1.54) is 55.7 Å². The van der Waals surface area contributed by atoms with E-state index in [1.54, 1.807) is 22.3 Å². The Morgan fingerprint density at radius 1 is 0.343 bits per heavy atom. The third kappa shape index (κ3) is 6.70. The Balaban J connectivity index is 1.46. The minimum atomic E-state index is -1.14. The standard InChI is InChI=1S/C33H38P2/c1-5-14-30(15-6-1)26-34(27-31-16-7-2-8-17-31)22-13-23-35(25-24-34,28-32-18-9-3-10-19-32)29-33-20-11-4-12-21-33/h1-12,14-21H,13,22-29H2/q+2. The fraction of sp³-hybridized carbons (Fsp3) is 0.273. The van der Waals surface area contributed by atoms with Gasteiger partial charge < -0.3 is 0 Å². The summed E-state index contributed by atoms with van der Waals surface area (Å²) in [7, 11) is -2.28. The van der Waals surface area contributed by atoms with Crippen molar-refractivity contribution in [1.82, 2.24) is 0 Å². The summed E-state index contributed by atoms with van der Waals surface area (Å²) in [6.45, 7) is 0. The lowest BCUT2D eigenvalue weighted by atomic mass is 10.2. The first-order valence-electron chi connectivity index (χ1n) is 13.1. The van der Waals surface area contributed by atoms with Gasteiger partial charge in [0.25, 0.3) is 0 Å². The van der Waals surface area contributed by atoms with Crippen molar-refractivity contribution in [3.63, 3.8) is 0 Å². The van der Waals surface area contributed by atoms with Crippen LogP contribution >= 0.6 is 14.5 Å². The SMILES string of the molecule is c1ccc(C[P+]2(Cc3ccccc3)CCC[P+](Cc3ccccc3)(Cc3ccccc3)CC2)cc1. The van der Waals surface area contributed by atoms with E-state index < -0.39 is 14.5 Å². The summed E-state index contributed by atoms with van der Waals surface area (Å²) >= 11 is 0. The Hall–Kier alpha value is -2.26. The van der Waals surface area contributed by atoms with Crippen molar-refractivity contribution >= 4 is 14.5 Å². The molecule has 0 N–H and O–H groups in total. The summed E-state index contributed by atoms with van der Waals surface area (Å²) in [4.78, 5) is 0. The van der Waals surface area contributed by atoms with Gasteiger partial charge in [0.2, 0.25) is 0 Å². The van der Waals surface area contributed by atoms with Crippen LogP contribution in [0.3, 0.4) is 0 Å². The van der Waals surface area contributed by atoms with Gasteiger partial charge in [-0.1, -0.05) is 121 Å². The van der Waals surface area contributed by atoms with Gasteiger partial charge in [0, 0.05) is 20.9 Å². The van der Waals surface area contributed by atoms with E-state index in [0.29, 0.717) is 0 Å². The first-order chi connectivity index (χ1) is 17.2. The molecule has 0 unspecified atom stereocenters. The zero-order chi connectivity index (χ0) is 23.8. The smallest absolute Gasteiger partial charge is 0.0622 e. The summed E-state index contributed by atoms with van der Waals surface area (Å²) < 4.78 is 0. The van der Waals surface area contributed by atoms with E-state index in [-0.39, 0.29) is 0 Å². The molecule has 1 saturated heterocycles. The van der Waals surface area contributed by atoms with Crippen molar-refractivity contribution in [2.24, 2.45) is 0 Å². The average Bonchev–Trinajstić information content (AvgIpc) is 3.06. The molecule has 0 nitrogen and oxygen atoms in total. The Morgan fingerprint density at radius 3 is 0.857 bits per heavy atom. The largest absolute Gasteiger partial charge is 0.0936 e. The first-order valence-corrected chi connectivity index (χ1v) is 18.1. The highest BCUT2D eigenvalue weighted by Gasteiger charge is 2.48. The molecule has 1 aliphatic heterocycles. The van der Waals surface area contributed by atoms with Gasteiger partial charge >= 0.3 is 0 Å². The summed E-state index contributed by atoms with van der Waals surface area (Å²) in [5.41, 5.74) is 6.20. The quantitative estimate of drug-likeness (QED) is 0.213. The molecule has 0 bridgehead atoms. The Kier molecular flexibility index (Phi) is 8.13. The second kappa shape index (κ2) is 11.6. The zero-order valence-corrected chi connectivity index (χ0v) is 22.6. The molecule has 0 aliphatic carbocycles. The third-order valence-electron chi connectivity index (χ3n) is 7.76. The number of rotatable bonds is 8. The van der Waals surface area contributed by atoms with Crippen molar-refractivity contribution in [2.75, 3.05) is 24.6 Å². The summed E-state index contributed by atoms with van der Waals surface area (Å²) in [6, 6.07) is 45.4. The highest BCUT2D eigenvalue weighted by atomic mass is 31.2. The number of hydrogen-bond donors (Lipinski definition) is 0. The van der Waals surface area contributed by atoms with Gasteiger partial charge in [0.15, 0.2) is 0 Å². The van der Waals surface area contributed by atoms with Crippen LogP contribution < -0.4 is 0 Å². The molecule has 0 saturated carbocycles. The fourth-order valence-electron chi connectivity index (χ4n) is 6.02. The van der Waals surface area contributed by atoms with Gasteiger partial charge in [-0.05, 0) is 22.3 Å². The number of hydrogen-bond acceptors (Lipinski definition) is 0. The van der Waals surface area contributed by atoms with Gasteiger partial charge in [-0.15, -0.1) is 0 Å². The maximum atomic E-state index is 2.37. The van der Waals surface area contributed by atoms with Crippen LogP contribution in [0, 0.1) is 0 Å². The first kappa shape index (κ1) is 24.4. The second-order valence-corrected chi connectivity index (χ2v) is 18.9. The molecular weight excluding hydrogens is 458 g/mol. The lowest BCUT2D eigenvalue weighted by molar-refractivity contribution is 1.06. The van der Waals surface area contributed by atoms with Crippen LogP contribution in [0.25, 0.3) is 0 Å². The van der Waals surface area contributed by atoms with E-state index >= 15 is 0 Å². The average molecular weight is 497 g/mol. The summed E-state index contributed by atoms with van der Waals surface area (Å²) in [6.07, 6.45) is 12.4. The van der Waals surface area contributed by atoms with Crippen LogP contribution in [0.2, 0.25) is 0 Å². The number of benzene rings is 4. The van der Waals surface area contributed by atoms with E-state index in [0.717, 1.165) is 0 Å². The van der Waals surface area contributed by atoms with E-state index in [1.807, 2.05) is 0 Å². The van der Waals surface area contributed by atoms with Crippen molar-refractivity contribution < 1.29 is 0 Å². The van der Waals surface area contributed by atoms with Crippen LogP contribution in [0.1, 0.15) is 28.7 Å². The highest BCUT2D eigenvalue weighted by molar-refractivity contribution is 7.78. The molecule has 5 rings (SSSR count). The van der Waals surface area contributed by atoms with Gasteiger partial charge in [-0.3, -0.25) is 0 Å². The molecule has 2 heteroatoms. The van der Waals surface area contributed by atoms with Crippen LogP contribution in [0.5, 0.6) is 0 Å². The van der Waals surface area contributed by atoms with Gasteiger partial charge in [0.1, 0.15) is 0 Å². The molecule has 0 atom stereocenters.